The van der Waals surface area contributed by atoms with E-state index < -0.39 is 24.1 Å². The van der Waals surface area contributed by atoms with Crippen LogP contribution in [0.25, 0.3) is 11.0 Å². The van der Waals surface area contributed by atoms with Crippen molar-refractivity contribution < 1.29 is 23.5 Å². The third-order valence-electron chi connectivity index (χ3n) is 2.51. The second kappa shape index (κ2) is 5.43. The van der Waals surface area contributed by atoms with Crippen LogP contribution >= 0.6 is 0 Å². The summed E-state index contributed by atoms with van der Waals surface area (Å²) in [5.41, 5.74) is 3.89. The summed E-state index contributed by atoms with van der Waals surface area (Å²) in [6, 6.07) is 6.26. The van der Waals surface area contributed by atoms with E-state index in [2.05, 4.69) is 4.74 Å². The summed E-state index contributed by atoms with van der Waals surface area (Å²) in [6.07, 6.45) is 0. The number of amides is 1. The highest BCUT2D eigenvalue weighted by Gasteiger charge is 2.17. The number of benzene rings is 1. The number of nitrogens with two attached hydrogens (primary N) is 1. The molecule has 0 aliphatic heterocycles. The van der Waals surface area contributed by atoms with Crippen LogP contribution in [0.15, 0.2) is 33.5 Å². The first-order valence-corrected chi connectivity index (χ1v) is 5.59. The van der Waals surface area contributed by atoms with Crippen LogP contribution in [0.3, 0.4) is 0 Å². The zero-order chi connectivity index (χ0) is 14.7. The lowest BCUT2D eigenvalue weighted by atomic mass is 10.2. The maximum atomic E-state index is 11.7. The average molecular weight is 277 g/mol. The van der Waals surface area contributed by atoms with Crippen molar-refractivity contribution in [2.45, 2.75) is 0 Å². The number of para-hydroxylation sites is 1. The number of ether oxygens (including phenoxy) is 2. The molecule has 0 fully saturated rings. The number of rotatable bonds is 4. The molecule has 0 aliphatic carbocycles. The van der Waals surface area contributed by atoms with Crippen LogP contribution in [0.1, 0.15) is 10.4 Å². The largest absolute Gasteiger partial charge is 0.493 e. The van der Waals surface area contributed by atoms with E-state index in [1.807, 2.05) is 0 Å². The van der Waals surface area contributed by atoms with E-state index in [4.69, 9.17) is 14.9 Å². The lowest BCUT2D eigenvalue weighted by Gasteiger charge is -2.05. The summed E-state index contributed by atoms with van der Waals surface area (Å²) in [6.45, 7) is -0.603. The number of primary amides is 1. The molecule has 0 saturated heterocycles. The van der Waals surface area contributed by atoms with E-state index >= 15 is 0 Å². The topological polar surface area (TPSA) is 109 Å². The van der Waals surface area contributed by atoms with Crippen LogP contribution in [-0.4, -0.2) is 25.6 Å². The average Bonchev–Trinajstić information content (AvgIpc) is 2.43. The third kappa shape index (κ3) is 2.61. The Morgan fingerprint density at radius 2 is 2.10 bits per heavy atom. The Bertz CT molecular complexity index is 733. The molecule has 104 valence electrons. The van der Waals surface area contributed by atoms with E-state index in [-0.39, 0.29) is 11.1 Å². The van der Waals surface area contributed by atoms with E-state index in [9.17, 15) is 14.4 Å². The van der Waals surface area contributed by atoms with E-state index in [1.165, 1.54) is 13.2 Å². The molecule has 1 amide bonds. The molecule has 0 atom stereocenters. The van der Waals surface area contributed by atoms with Gasteiger partial charge in [-0.05, 0) is 12.1 Å². The molecule has 2 rings (SSSR count). The number of fused-ring (bicyclic) bond motifs is 1. The highest BCUT2D eigenvalue weighted by molar-refractivity contribution is 5.94. The summed E-state index contributed by atoms with van der Waals surface area (Å²) in [4.78, 5) is 33.9. The van der Waals surface area contributed by atoms with Gasteiger partial charge in [0, 0.05) is 5.39 Å². The number of methoxy groups -OCH3 is 1. The van der Waals surface area contributed by atoms with Crippen LogP contribution in [0.2, 0.25) is 0 Å². The normalized spacial score (nSPS) is 10.2. The van der Waals surface area contributed by atoms with E-state index in [0.29, 0.717) is 11.1 Å². The van der Waals surface area contributed by atoms with E-state index in [1.54, 1.807) is 18.2 Å². The van der Waals surface area contributed by atoms with Crippen molar-refractivity contribution in [3.63, 3.8) is 0 Å². The third-order valence-corrected chi connectivity index (χ3v) is 2.51. The first kappa shape index (κ1) is 13.6. The van der Waals surface area contributed by atoms with Crippen molar-refractivity contribution >= 4 is 22.8 Å². The molecular formula is C13H11NO6. The lowest BCUT2D eigenvalue weighted by Crippen LogP contribution is -2.23. The summed E-state index contributed by atoms with van der Waals surface area (Å²) >= 11 is 0. The Morgan fingerprint density at radius 3 is 2.75 bits per heavy atom. The van der Waals surface area contributed by atoms with Crippen LogP contribution in [-0.2, 0) is 9.53 Å². The second-order valence-corrected chi connectivity index (χ2v) is 3.87. The van der Waals surface area contributed by atoms with Gasteiger partial charge in [0.2, 0.25) is 0 Å². The first-order valence-electron chi connectivity index (χ1n) is 5.59. The van der Waals surface area contributed by atoms with Gasteiger partial charge in [0.05, 0.1) is 7.11 Å². The minimum atomic E-state index is -0.970. The van der Waals surface area contributed by atoms with Crippen molar-refractivity contribution in [3.8, 4) is 5.75 Å². The molecule has 0 unspecified atom stereocenters. The fourth-order valence-corrected chi connectivity index (χ4v) is 1.64. The quantitative estimate of drug-likeness (QED) is 0.641. The minimum absolute atomic E-state index is 0.228. The SMILES string of the molecule is COc1cccc2cc(C(=O)OCC(N)=O)c(=O)oc12. The molecule has 2 N–H and O–H groups in total. The number of hydrogen-bond donors (Lipinski definition) is 1. The second-order valence-electron chi connectivity index (χ2n) is 3.87. The highest BCUT2D eigenvalue weighted by atomic mass is 16.5. The number of esters is 1. The van der Waals surface area contributed by atoms with Gasteiger partial charge in [0.15, 0.2) is 17.9 Å². The van der Waals surface area contributed by atoms with Crippen LogP contribution in [0.4, 0.5) is 0 Å². The van der Waals surface area contributed by atoms with Gasteiger partial charge in [-0.3, -0.25) is 4.79 Å². The van der Waals surface area contributed by atoms with Gasteiger partial charge in [-0.25, -0.2) is 9.59 Å². The Balaban J connectivity index is 2.46. The van der Waals surface area contributed by atoms with Gasteiger partial charge in [-0.1, -0.05) is 12.1 Å². The molecule has 1 heterocycles. The van der Waals surface area contributed by atoms with Gasteiger partial charge in [-0.2, -0.15) is 0 Å². The van der Waals surface area contributed by atoms with Crippen molar-refractivity contribution in [2.24, 2.45) is 5.73 Å². The first-order chi connectivity index (χ1) is 9.52. The summed E-state index contributed by atoms with van der Waals surface area (Å²) in [7, 11) is 1.43. The molecular weight excluding hydrogens is 266 g/mol. The van der Waals surface area contributed by atoms with Crippen molar-refractivity contribution in [1.29, 1.82) is 0 Å². The van der Waals surface area contributed by atoms with Gasteiger partial charge < -0.3 is 19.6 Å². The van der Waals surface area contributed by atoms with Crippen LogP contribution in [0.5, 0.6) is 5.75 Å². The summed E-state index contributed by atoms with van der Waals surface area (Å²) < 4.78 is 14.7. The molecule has 0 bridgehead atoms. The Hall–Kier alpha value is -2.83. The maximum Gasteiger partial charge on any atom is 0.351 e. The molecule has 1 aromatic carbocycles. The molecule has 2 aromatic rings. The molecule has 7 nitrogen and oxygen atoms in total. The lowest BCUT2D eigenvalue weighted by molar-refractivity contribution is -0.121. The monoisotopic (exact) mass is 277 g/mol. The van der Waals surface area contributed by atoms with Gasteiger partial charge >= 0.3 is 11.6 Å². The van der Waals surface area contributed by atoms with Gasteiger partial charge in [-0.15, -0.1) is 0 Å². The molecule has 1 aromatic heterocycles. The van der Waals surface area contributed by atoms with E-state index in [0.717, 1.165) is 0 Å². The smallest absolute Gasteiger partial charge is 0.351 e. The molecule has 7 heteroatoms. The Morgan fingerprint density at radius 1 is 1.35 bits per heavy atom. The zero-order valence-electron chi connectivity index (χ0n) is 10.5. The standard InChI is InChI=1S/C13H11NO6/c1-18-9-4-2-3-7-5-8(13(17)20-11(7)9)12(16)19-6-10(14)15/h2-5H,6H2,1H3,(H2,14,15). The van der Waals surface area contributed by atoms with Crippen LogP contribution in [0, 0.1) is 0 Å². The Kier molecular flexibility index (Phi) is 3.69. The number of hydrogen-bond acceptors (Lipinski definition) is 6. The number of carbonyl (C=O) groups excluding carboxylic acids is 2. The predicted molar refractivity (Wildman–Crippen MR) is 68.5 cm³/mol. The fraction of sp³-hybridized carbons (Fsp3) is 0.154. The highest BCUT2D eigenvalue weighted by Crippen LogP contribution is 2.24. The van der Waals surface area contributed by atoms with Crippen molar-refractivity contribution in [1.82, 2.24) is 0 Å². The zero-order valence-corrected chi connectivity index (χ0v) is 10.5. The Labute approximate surface area is 112 Å². The summed E-state index contributed by atoms with van der Waals surface area (Å²) in [5, 5.41) is 0.495. The minimum Gasteiger partial charge on any atom is -0.493 e. The molecule has 0 radical (unpaired) electrons. The molecule has 20 heavy (non-hydrogen) atoms. The molecule has 0 spiro atoms. The molecule has 0 saturated carbocycles. The fourth-order valence-electron chi connectivity index (χ4n) is 1.64. The number of carbonyl (C=O) groups is 2. The maximum absolute atomic E-state index is 11.7. The van der Waals surface area contributed by atoms with Gasteiger partial charge in [0.1, 0.15) is 5.56 Å². The predicted octanol–water partition coefficient (Wildman–Crippen LogP) is 0.444. The summed E-state index contributed by atoms with van der Waals surface area (Å²) in [5.74, 6) is -1.41. The van der Waals surface area contributed by atoms with Crippen LogP contribution < -0.4 is 16.1 Å². The molecule has 0 aliphatic rings. The van der Waals surface area contributed by atoms with Crippen molar-refractivity contribution in [3.05, 3.63) is 40.2 Å². The van der Waals surface area contributed by atoms with Gasteiger partial charge in [0.25, 0.3) is 5.91 Å². The van der Waals surface area contributed by atoms with Crippen molar-refractivity contribution in [2.75, 3.05) is 13.7 Å².